The maximum absolute atomic E-state index is 12.6. The van der Waals surface area contributed by atoms with Gasteiger partial charge in [-0.15, -0.1) is 0 Å². The van der Waals surface area contributed by atoms with Crippen LogP contribution in [-0.2, 0) is 11.2 Å². The third kappa shape index (κ3) is 4.32. The van der Waals surface area contributed by atoms with Crippen LogP contribution in [-0.4, -0.2) is 37.1 Å². The van der Waals surface area contributed by atoms with Gasteiger partial charge in [-0.25, -0.2) is 0 Å². The van der Waals surface area contributed by atoms with Crippen molar-refractivity contribution in [2.45, 2.75) is 32.2 Å². The molecule has 2 aromatic rings. The van der Waals surface area contributed by atoms with Gasteiger partial charge in [-0.1, -0.05) is 36.4 Å². The molecule has 1 fully saturated rings. The van der Waals surface area contributed by atoms with Crippen molar-refractivity contribution < 1.29 is 14.3 Å². The zero-order valence-corrected chi connectivity index (χ0v) is 14.9. The number of hydrogen-bond acceptors (Lipinski definition) is 3. The van der Waals surface area contributed by atoms with E-state index in [1.54, 1.807) is 7.11 Å². The van der Waals surface area contributed by atoms with Crippen molar-refractivity contribution in [2.24, 2.45) is 0 Å². The zero-order chi connectivity index (χ0) is 17.6. The summed E-state index contributed by atoms with van der Waals surface area (Å²) >= 11 is 0. The lowest BCUT2D eigenvalue weighted by Crippen LogP contribution is -2.39. The fourth-order valence-electron chi connectivity index (χ4n) is 3.38. The van der Waals surface area contributed by atoms with Crippen LogP contribution < -0.4 is 9.47 Å². The fraction of sp³-hybridized carbons (Fsp3) is 0.381. The number of likely N-dealkylation sites (tertiary alicyclic amines) is 1. The number of rotatable bonds is 6. The van der Waals surface area contributed by atoms with Crippen molar-refractivity contribution in [2.75, 3.05) is 20.3 Å². The lowest BCUT2D eigenvalue weighted by atomic mass is 10.0. The van der Waals surface area contributed by atoms with Crippen LogP contribution in [0.1, 0.15) is 24.0 Å². The predicted octanol–water partition coefficient (Wildman–Crippen LogP) is 3.62. The Bertz CT molecular complexity index is 714. The molecular weight excluding hydrogens is 314 g/mol. The highest BCUT2D eigenvalue weighted by molar-refractivity contribution is 5.78. The molecule has 1 aliphatic rings. The smallest absolute Gasteiger partial charge is 0.260 e. The minimum Gasteiger partial charge on any atom is -0.493 e. The standard InChI is InChI=1S/C21H25NO3/c1-16-10-11-19(20(13-16)24-2)25-15-21(23)22-12-6-9-18(22)14-17-7-4-3-5-8-17/h3-5,7-8,10-11,13,18H,6,9,12,14-15H2,1-2H3. The molecule has 0 bridgehead atoms. The largest absolute Gasteiger partial charge is 0.493 e. The first-order valence-electron chi connectivity index (χ1n) is 8.78. The summed E-state index contributed by atoms with van der Waals surface area (Å²) in [6.45, 7) is 2.85. The third-order valence-electron chi connectivity index (χ3n) is 4.68. The van der Waals surface area contributed by atoms with Gasteiger partial charge in [-0.05, 0) is 49.4 Å². The zero-order valence-electron chi connectivity index (χ0n) is 14.9. The number of carbonyl (C=O) groups is 1. The minimum atomic E-state index is 0.0426. The minimum absolute atomic E-state index is 0.0426. The van der Waals surface area contributed by atoms with Crippen LogP contribution in [0, 0.1) is 6.92 Å². The Morgan fingerprint density at radius 1 is 1.16 bits per heavy atom. The molecule has 0 N–H and O–H groups in total. The van der Waals surface area contributed by atoms with Gasteiger partial charge < -0.3 is 14.4 Å². The predicted molar refractivity (Wildman–Crippen MR) is 98.1 cm³/mol. The molecular formula is C21H25NO3. The molecule has 3 rings (SSSR count). The highest BCUT2D eigenvalue weighted by Gasteiger charge is 2.29. The molecule has 1 heterocycles. The number of methoxy groups -OCH3 is 1. The molecule has 2 aromatic carbocycles. The van der Waals surface area contributed by atoms with E-state index >= 15 is 0 Å². The Hall–Kier alpha value is -2.49. The van der Waals surface area contributed by atoms with Gasteiger partial charge in [0.25, 0.3) is 5.91 Å². The summed E-state index contributed by atoms with van der Waals surface area (Å²) in [6, 6.07) is 16.3. The molecule has 0 aromatic heterocycles. The highest BCUT2D eigenvalue weighted by Crippen LogP contribution is 2.28. The van der Waals surface area contributed by atoms with Gasteiger partial charge in [0.05, 0.1) is 7.11 Å². The lowest BCUT2D eigenvalue weighted by Gasteiger charge is -2.25. The fourth-order valence-corrected chi connectivity index (χ4v) is 3.38. The summed E-state index contributed by atoms with van der Waals surface area (Å²) in [5, 5.41) is 0. The number of carbonyl (C=O) groups excluding carboxylic acids is 1. The second-order valence-corrected chi connectivity index (χ2v) is 6.52. The number of nitrogens with zero attached hydrogens (tertiary/aromatic N) is 1. The van der Waals surface area contributed by atoms with E-state index in [0.717, 1.165) is 31.4 Å². The van der Waals surface area contributed by atoms with Crippen LogP contribution in [0.5, 0.6) is 11.5 Å². The molecule has 25 heavy (non-hydrogen) atoms. The van der Waals surface area contributed by atoms with E-state index in [0.29, 0.717) is 11.5 Å². The number of benzene rings is 2. The Labute approximate surface area is 149 Å². The molecule has 1 aliphatic heterocycles. The molecule has 1 saturated heterocycles. The van der Waals surface area contributed by atoms with E-state index in [1.807, 2.05) is 48.2 Å². The van der Waals surface area contributed by atoms with Gasteiger partial charge in [-0.2, -0.15) is 0 Å². The van der Waals surface area contributed by atoms with Crippen LogP contribution in [0.15, 0.2) is 48.5 Å². The Kier molecular flexibility index (Phi) is 5.59. The number of amides is 1. The van der Waals surface area contributed by atoms with Crippen molar-refractivity contribution in [3.63, 3.8) is 0 Å². The maximum atomic E-state index is 12.6. The van der Waals surface area contributed by atoms with E-state index < -0.39 is 0 Å². The molecule has 4 nitrogen and oxygen atoms in total. The van der Waals surface area contributed by atoms with Crippen LogP contribution in [0.3, 0.4) is 0 Å². The topological polar surface area (TPSA) is 38.8 Å². The molecule has 0 spiro atoms. The first-order valence-corrected chi connectivity index (χ1v) is 8.78. The van der Waals surface area contributed by atoms with Gasteiger partial charge in [0.1, 0.15) is 0 Å². The summed E-state index contributed by atoms with van der Waals surface area (Å²) < 4.78 is 11.1. The van der Waals surface area contributed by atoms with Gasteiger partial charge >= 0.3 is 0 Å². The number of ether oxygens (including phenoxy) is 2. The molecule has 4 heteroatoms. The van der Waals surface area contributed by atoms with Gasteiger partial charge in [0, 0.05) is 12.6 Å². The average molecular weight is 339 g/mol. The first kappa shape index (κ1) is 17.3. The van der Waals surface area contributed by atoms with E-state index in [1.165, 1.54) is 5.56 Å². The molecule has 1 atom stereocenters. The Morgan fingerprint density at radius 3 is 2.72 bits per heavy atom. The second kappa shape index (κ2) is 8.06. The van der Waals surface area contributed by atoms with Gasteiger partial charge in [-0.3, -0.25) is 4.79 Å². The summed E-state index contributed by atoms with van der Waals surface area (Å²) in [5.74, 6) is 1.32. The summed E-state index contributed by atoms with van der Waals surface area (Å²) in [4.78, 5) is 14.6. The first-order chi connectivity index (χ1) is 12.2. The summed E-state index contributed by atoms with van der Waals surface area (Å²) in [6.07, 6.45) is 3.01. The normalized spacial score (nSPS) is 16.7. The molecule has 0 radical (unpaired) electrons. The number of hydrogen-bond donors (Lipinski definition) is 0. The Morgan fingerprint density at radius 2 is 1.96 bits per heavy atom. The highest BCUT2D eigenvalue weighted by atomic mass is 16.5. The monoisotopic (exact) mass is 339 g/mol. The van der Waals surface area contributed by atoms with Crippen LogP contribution in [0.25, 0.3) is 0 Å². The molecule has 0 saturated carbocycles. The lowest BCUT2D eigenvalue weighted by molar-refractivity contribution is -0.134. The Balaban J connectivity index is 1.60. The third-order valence-corrected chi connectivity index (χ3v) is 4.68. The van der Waals surface area contributed by atoms with Crippen LogP contribution in [0.4, 0.5) is 0 Å². The molecule has 1 amide bonds. The van der Waals surface area contributed by atoms with E-state index in [-0.39, 0.29) is 18.6 Å². The summed E-state index contributed by atoms with van der Waals surface area (Å²) in [7, 11) is 1.61. The van der Waals surface area contributed by atoms with Crippen molar-refractivity contribution in [1.82, 2.24) is 4.90 Å². The molecule has 0 aliphatic carbocycles. The van der Waals surface area contributed by atoms with E-state index in [4.69, 9.17) is 9.47 Å². The summed E-state index contributed by atoms with van der Waals surface area (Å²) in [5.41, 5.74) is 2.37. The molecule has 132 valence electrons. The van der Waals surface area contributed by atoms with Crippen LogP contribution in [0.2, 0.25) is 0 Å². The van der Waals surface area contributed by atoms with Crippen LogP contribution >= 0.6 is 0 Å². The van der Waals surface area contributed by atoms with E-state index in [9.17, 15) is 4.79 Å². The second-order valence-electron chi connectivity index (χ2n) is 6.52. The van der Waals surface area contributed by atoms with Crippen molar-refractivity contribution in [3.8, 4) is 11.5 Å². The molecule has 1 unspecified atom stereocenters. The average Bonchev–Trinajstić information content (AvgIpc) is 3.09. The van der Waals surface area contributed by atoms with Crippen molar-refractivity contribution >= 4 is 5.91 Å². The number of aryl methyl sites for hydroxylation is 1. The van der Waals surface area contributed by atoms with Gasteiger partial charge in [0.15, 0.2) is 18.1 Å². The SMILES string of the molecule is COc1cc(C)ccc1OCC(=O)N1CCCC1Cc1ccccc1. The quantitative estimate of drug-likeness (QED) is 0.807. The van der Waals surface area contributed by atoms with Crippen molar-refractivity contribution in [3.05, 3.63) is 59.7 Å². The maximum Gasteiger partial charge on any atom is 0.260 e. The van der Waals surface area contributed by atoms with Crippen molar-refractivity contribution in [1.29, 1.82) is 0 Å². The van der Waals surface area contributed by atoms with E-state index in [2.05, 4.69) is 12.1 Å². The van der Waals surface area contributed by atoms with Gasteiger partial charge in [0.2, 0.25) is 0 Å².